The molecule has 33 heavy (non-hydrogen) atoms. The Hall–Kier alpha value is -1.20. The van der Waals surface area contributed by atoms with Crippen LogP contribution in [0.15, 0.2) is 47.1 Å². The summed E-state index contributed by atoms with van der Waals surface area (Å²) in [4.78, 5) is 0. The highest BCUT2D eigenvalue weighted by molar-refractivity contribution is 5.41. The summed E-state index contributed by atoms with van der Waals surface area (Å²) >= 11 is 0. The maximum Gasteiger partial charge on any atom is 0.0840 e. The van der Waals surface area contributed by atoms with Crippen molar-refractivity contribution in [1.82, 2.24) is 0 Å². The third kappa shape index (κ3) is 6.28. The molecular weight excluding hydrogens is 412 g/mol. The van der Waals surface area contributed by atoms with Gasteiger partial charge in [-0.05, 0) is 107 Å². The third-order valence-electron chi connectivity index (χ3n) is 8.11. The summed E-state index contributed by atoms with van der Waals surface area (Å²) in [6, 6.07) is 0. The van der Waals surface area contributed by atoms with E-state index in [2.05, 4.69) is 45.6 Å². The Labute approximate surface area is 201 Å². The van der Waals surface area contributed by atoms with Gasteiger partial charge in [0.15, 0.2) is 0 Å². The van der Waals surface area contributed by atoms with Crippen molar-refractivity contribution in [3.63, 3.8) is 0 Å². The van der Waals surface area contributed by atoms with Crippen molar-refractivity contribution >= 4 is 0 Å². The molecule has 0 bridgehead atoms. The molecule has 2 saturated carbocycles. The van der Waals surface area contributed by atoms with Gasteiger partial charge in [0.1, 0.15) is 0 Å². The first-order valence-electron chi connectivity index (χ1n) is 12.9. The Morgan fingerprint density at radius 2 is 1.91 bits per heavy atom. The largest absolute Gasteiger partial charge is 0.393 e. The van der Waals surface area contributed by atoms with E-state index >= 15 is 0 Å². The molecule has 0 unspecified atom stereocenters. The molecule has 186 valence electrons. The highest BCUT2D eigenvalue weighted by Crippen LogP contribution is 2.57. The Kier molecular flexibility index (Phi) is 8.16. The molecule has 4 nitrogen and oxygen atoms in total. The molecule has 3 rings (SSSR count). The highest BCUT2D eigenvalue weighted by Gasteiger charge is 2.49. The molecular formula is C29H46O4. The van der Waals surface area contributed by atoms with Crippen LogP contribution in [-0.2, 0) is 4.74 Å². The fourth-order valence-electron chi connectivity index (χ4n) is 6.28. The van der Waals surface area contributed by atoms with Crippen molar-refractivity contribution in [2.45, 2.75) is 116 Å². The standard InChI is InChI=1S/C29H46O4/c1-20-22(18-23(30)19-25(20)31)12-11-21-10-9-16-29(6)24(21)13-14-26(29)28(4,5)33-17-8-7-15-27(2,3)32/h11-12,14,23-25,30-32H,1,7-10,13,15-19H2,2-6H3/t23-,24+,25+,29+/m1/s1. The van der Waals surface area contributed by atoms with Crippen LogP contribution in [0.3, 0.4) is 0 Å². The van der Waals surface area contributed by atoms with Crippen LogP contribution in [0.2, 0.25) is 0 Å². The zero-order valence-electron chi connectivity index (χ0n) is 21.5. The minimum atomic E-state index is -0.642. The molecule has 3 aliphatic carbocycles. The molecule has 3 aliphatic rings. The summed E-state index contributed by atoms with van der Waals surface area (Å²) in [5.41, 5.74) is 3.80. The fraction of sp³-hybridized carbons (Fsp3) is 0.724. The minimum Gasteiger partial charge on any atom is -0.393 e. The van der Waals surface area contributed by atoms with E-state index in [9.17, 15) is 15.3 Å². The predicted molar refractivity (Wildman–Crippen MR) is 135 cm³/mol. The van der Waals surface area contributed by atoms with Crippen LogP contribution < -0.4 is 0 Å². The first kappa shape index (κ1) is 26.4. The van der Waals surface area contributed by atoms with Gasteiger partial charge in [-0.15, -0.1) is 0 Å². The van der Waals surface area contributed by atoms with Gasteiger partial charge in [0.05, 0.1) is 23.4 Å². The maximum absolute atomic E-state index is 10.2. The Morgan fingerprint density at radius 1 is 1.18 bits per heavy atom. The quantitative estimate of drug-likeness (QED) is 0.318. The number of hydrogen-bond acceptors (Lipinski definition) is 4. The van der Waals surface area contributed by atoms with Crippen molar-refractivity contribution in [3.8, 4) is 0 Å². The van der Waals surface area contributed by atoms with Gasteiger partial charge < -0.3 is 20.1 Å². The molecule has 0 amide bonds. The lowest BCUT2D eigenvalue weighted by Crippen LogP contribution is -2.40. The Bertz CT molecular complexity index is 810. The van der Waals surface area contributed by atoms with Crippen LogP contribution in [0.4, 0.5) is 0 Å². The first-order valence-corrected chi connectivity index (χ1v) is 12.9. The van der Waals surface area contributed by atoms with Gasteiger partial charge in [-0.2, -0.15) is 0 Å². The van der Waals surface area contributed by atoms with Crippen LogP contribution >= 0.6 is 0 Å². The predicted octanol–water partition coefficient (Wildman–Crippen LogP) is 5.78. The fourth-order valence-corrected chi connectivity index (χ4v) is 6.28. The summed E-state index contributed by atoms with van der Waals surface area (Å²) in [6.07, 6.45) is 13.8. The summed E-state index contributed by atoms with van der Waals surface area (Å²) < 4.78 is 6.42. The third-order valence-corrected chi connectivity index (χ3v) is 8.11. The van der Waals surface area contributed by atoms with Crippen molar-refractivity contribution in [1.29, 1.82) is 0 Å². The molecule has 0 saturated heterocycles. The lowest BCUT2D eigenvalue weighted by molar-refractivity contribution is -0.0121. The maximum atomic E-state index is 10.2. The van der Waals surface area contributed by atoms with Crippen molar-refractivity contribution < 1.29 is 20.1 Å². The van der Waals surface area contributed by atoms with Crippen molar-refractivity contribution in [2.24, 2.45) is 11.3 Å². The SMILES string of the molecule is C=C1C(=CC=C2CCC[C@]3(C)C(C(C)(C)OCCCCC(C)(C)O)=CC[C@@H]23)C[C@@H](O)C[C@@H]1O. The molecule has 2 fully saturated rings. The van der Waals surface area contributed by atoms with Crippen molar-refractivity contribution in [3.05, 3.63) is 47.1 Å². The number of aliphatic hydroxyl groups is 3. The second kappa shape index (κ2) is 10.2. The zero-order valence-corrected chi connectivity index (χ0v) is 21.5. The Morgan fingerprint density at radius 3 is 2.61 bits per heavy atom. The van der Waals surface area contributed by atoms with E-state index in [1.165, 1.54) is 17.6 Å². The molecule has 0 aromatic heterocycles. The lowest BCUT2D eigenvalue weighted by Gasteiger charge is -2.45. The average Bonchev–Trinajstić information content (AvgIpc) is 3.06. The van der Waals surface area contributed by atoms with E-state index in [0.717, 1.165) is 49.7 Å². The number of rotatable bonds is 8. The molecule has 4 heteroatoms. The number of aliphatic hydroxyl groups excluding tert-OH is 2. The van der Waals surface area contributed by atoms with E-state index in [4.69, 9.17) is 4.74 Å². The molecule has 0 aromatic carbocycles. The monoisotopic (exact) mass is 458 g/mol. The average molecular weight is 459 g/mol. The summed E-state index contributed by atoms with van der Waals surface area (Å²) in [5.74, 6) is 0.475. The Balaban J connectivity index is 1.67. The number of hydrogen-bond donors (Lipinski definition) is 3. The van der Waals surface area contributed by atoms with Crippen LogP contribution in [0.5, 0.6) is 0 Å². The molecule has 3 N–H and O–H groups in total. The molecule has 0 aliphatic heterocycles. The normalized spacial score (nSPS) is 33.5. The second-order valence-electron chi connectivity index (χ2n) is 11.9. The summed E-state index contributed by atoms with van der Waals surface area (Å²) in [5, 5.41) is 30.1. The number of unbranched alkanes of at least 4 members (excludes halogenated alkanes) is 1. The molecule has 0 heterocycles. The van der Waals surface area contributed by atoms with Gasteiger partial charge in [-0.25, -0.2) is 0 Å². The van der Waals surface area contributed by atoms with Crippen molar-refractivity contribution in [2.75, 3.05) is 6.61 Å². The second-order valence-corrected chi connectivity index (χ2v) is 11.9. The van der Waals surface area contributed by atoms with Gasteiger partial charge in [-0.3, -0.25) is 0 Å². The van der Waals surface area contributed by atoms with Gasteiger partial charge in [0, 0.05) is 13.0 Å². The van der Waals surface area contributed by atoms with E-state index in [1.54, 1.807) is 0 Å². The van der Waals surface area contributed by atoms with Crippen LogP contribution in [-0.4, -0.2) is 45.3 Å². The van der Waals surface area contributed by atoms with Gasteiger partial charge in [-0.1, -0.05) is 37.3 Å². The minimum absolute atomic E-state index is 0.0990. The van der Waals surface area contributed by atoms with Gasteiger partial charge in [0.25, 0.3) is 0 Å². The lowest BCUT2D eigenvalue weighted by atomic mass is 9.62. The summed E-state index contributed by atoms with van der Waals surface area (Å²) in [7, 11) is 0. The van der Waals surface area contributed by atoms with E-state index < -0.39 is 17.8 Å². The topological polar surface area (TPSA) is 69.9 Å². The zero-order chi connectivity index (χ0) is 24.4. The van der Waals surface area contributed by atoms with Crippen LogP contribution in [0, 0.1) is 11.3 Å². The van der Waals surface area contributed by atoms with E-state index in [-0.39, 0.29) is 11.0 Å². The molecule has 4 atom stereocenters. The highest BCUT2D eigenvalue weighted by atomic mass is 16.5. The van der Waals surface area contributed by atoms with Crippen LogP contribution in [0.25, 0.3) is 0 Å². The molecule has 0 radical (unpaired) electrons. The smallest absolute Gasteiger partial charge is 0.0840 e. The molecule has 0 spiro atoms. The van der Waals surface area contributed by atoms with E-state index in [0.29, 0.717) is 25.4 Å². The number of allylic oxidation sites excluding steroid dienone is 4. The number of ether oxygens (including phenoxy) is 1. The van der Waals surface area contributed by atoms with Crippen LogP contribution in [0.1, 0.15) is 92.4 Å². The number of fused-ring (bicyclic) bond motifs is 1. The molecule has 0 aromatic rings. The van der Waals surface area contributed by atoms with Gasteiger partial charge >= 0.3 is 0 Å². The first-order chi connectivity index (χ1) is 15.3. The summed E-state index contributed by atoms with van der Waals surface area (Å²) in [6.45, 7) is 15.3. The van der Waals surface area contributed by atoms with E-state index in [1.807, 2.05) is 13.8 Å². The van der Waals surface area contributed by atoms with Gasteiger partial charge in [0.2, 0.25) is 0 Å².